The summed E-state index contributed by atoms with van der Waals surface area (Å²) in [6.07, 6.45) is 0. The molecule has 2 aromatic rings. The second-order valence-corrected chi connectivity index (χ2v) is 4.12. The number of ether oxygens (including phenoxy) is 1. The van der Waals surface area contributed by atoms with E-state index in [1.807, 2.05) is 6.07 Å². The van der Waals surface area contributed by atoms with Crippen LogP contribution in [0, 0.1) is 17.7 Å². The Balaban J connectivity index is 1.88. The third-order valence-electron chi connectivity index (χ3n) is 2.58. The van der Waals surface area contributed by atoms with Gasteiger partial charge in [0, 0.05) is 17.0 Å². The van der Waals surface area contributed by atoms with Crippen LogP contribution in [-0.2, 0) is 9.53 Å². The van der Waals surface area contributed by atoms with Crippen LogP contribution in [0.5, 0.6) is 0 Å². The minimum absolute atomic E-state index is 0.278. The van der Waals surface area contributed by atoms with Gasteiger partial charge in [-0.2, -0.15) is 0 Å². The van der Waals surface area contributed by atoms with Crippen LogP contribution in [0.1, 0.15) is 15.9 Å². The topological polar surface area (TPSA) is 43.4 Å². The molecule has 0 aliphatic carbocycles. The first kappa shape index (κ1) is 14.5. The van der Waals surface area contributed by atoms with Crippen LogP contribution >= 0.6 is 0 Å². The van der Waals surface area contributed by atoms with Gasteiger partial charge in [0.15, 0.2) is 12.4 Å². The van der Waals surface area contributed by atoms with Crippen molar-refractivity contribution in [1.29, 1.82) is 0 Å². The maximum absolute atomic E-state index is 12.7. The molecule has 0 heterocycles. The molecular formula is C17H11FO3. The predicted octanol–water partition coefficient (Wildman–Crippen LogP) is 2.60. The lowest BCUT2D eigenvalue weighted by molar-refractivity contribution is -0.135. The molecule has 0 saturated carbocycles. The maximum atomic E-state index is 12.7. The zero-order valence-electron chi connectivity index (χ0n) is 11.0. The first-order valence-corrected chi connectivity index (χ1v) is 6.18. The number of hydrogen-bond acceptors (Lipinski definition) is 3. The Morgan fingerprint density at radius 3 is 2.33 bits per heavy atom. The Labute approximate surface area is 121 Å². The summed E-state index contributed by atoms with van der Waals surface area (Å²) in [5, 5.41) is 0. The lowest BCUT2D eigenvalue weighted by Gasteiger charge is -2.00. The average molecular weight is 282 g/mol. The molecule has 0 bridgehead atoms. The van der Waals surface area contributed by atoms with Crippen LogP contribution < -0.4 is 0 Å². The highest BCUT2D eigenvalue weighted by molar-refractivity contribution is 5.99. The van der Waals surface area contributed by atoms with Crippen molar-refractivity contribution in [3.8, 4) is 11.8 Å². The van der Waals surface area contributed by atoms with Crippen molar-refractivity contribution >= 4 is 11.8 Å². The summed E-state index contributed by atoms with van der Waals surface area (Å²) in [6, 6.07) is 14.0. The van der Waals surface area contributed by atoms with Gasteiger partial charge in [-0.1, -0.05) is 24.1 Å². The molecule has 3 nitrogen and oxygen atoms in total. The number of ketones is 1. The molecule has 104 valence electrons. The van der Waals surface area contributed by atoms with Gasteiger partial charge in [-0.15, -0.1) is 0 Å². The molecule has 0 spiro atoms. The summed E-state index contributed by atoms with van der Waals surface area (Å²) < 4.78 is 17.5. The second-order valence-electron chi connectivity index (χ2n) is 4.12. The summed E-state index contributed by atoms with van der Waals surface area (Å²) in [7, 11) is 0. The van der Waals surface area contributed by atoms with E-state index in [2.05, 4.69) is 11.8 Å². The summed E-state index contributed by atoms with van der Waals surface area (Å²) in [5.41, 5.74) is 0.958. The van der Waals surface area contributed by atoms with E-state index < -0.39 is 24.2 Å². The van der Waals surface area contributed by atoms with Gasteiger partial charge in [0.1, 0.15) is 5.82 Å². The van der Waals surface area contributed by atoms with E-state index in [4.69, 9.17) is 4.74 Å². The lowest BCUT2D eigenvalue weighted by Crippen LogP contribution is -2.12. The van der Waals surface area contributed by atoms with Crippen LogP contribution in [0.15, 0.2) is 54.6 Å². The van der Waals surface area contributed by atoms with Crippen molar-refractivity contribution in [2.45, 2.75) is 0 Å². The van der Waals surface area contributed by atoms with Crippen molar-refractivity contribution < 1.29 is 18.7 Å². The van der Waals surface area contributed by atoms with Crippen LogP contribution in [0.4, 0.5) is 4.39 Å². The first-order valence-electron chi connectivity index (χ1n) is 6.18. The van der Waals surface area contributed by atoms with Crippen molar-refractivity contribution in [3.63, 3.8) is 0 Å². The van der Waals surface area contributed by atoms with Crippen LogP contribution in [-0.4, -0.2) is 18.4 Å². The number of rotatable bonds is 3. The fourth-order valence-corrected chi connectivity index (χ4v) is 1.53. The van der Waals surface area contributed by atoms with Crippen molar-refractivity contribution in [3.05, 3.63) is 71.5 Å². The van der Waals surface area contributed by atoms with E-state index in [1.165, 1.54) is 24.3 Å². The maximum Gasteiger partial charge on any atom is 0.385 e. The highest BCUT2D eigenvalue weighted by Gasteiger charge is 2.08. The van der Waals surface area contributed by atoms with E-state index in [0.717, 1.165) is 0 Å². The summed E-state index contributed by atoms with van der Waals surface area (Å²) in [4.78, 5) is 23.1. The quantitative estimate of drug-likeness (QED) is 0.494. The molecule has 0 atom stereocenters. The van der Waals surface area contributed by atoms with Gasteiger partial charge in [0.05, 0.1) is 0 Å². The standard InChI is InChI=1S/C17H11FO3/c18-15-9-7-14(8-10-15)16(19)12-21-17(20)11-6-13-4-2-1-3-5-13/h1-5,7-10H,12H2. The molecule has 4 heteroatoms. The second kappa shape index (κ2) is 7.01. The molecule has 0 aromatic heterocycles. The molecule has 0 saturated heterocycles. The molecular weight excluding hydrogens is 271 g/mol. The van der Waals surface area contributed by atoms with Crippen molar-refractivity contribution in [2.75, 3.05) is 6.61 Å². The van der Waals surface area contributed by atoms with E-state index >= 15 is 0 Å². The molecule has 21 heavy (non-hydrogen) atoms. The Kier molecular flexibility index (Phi) is 4.84. The van der Waals surface area contributed by atoms with Gasteiger partial charge in [0.25, 0.3) is 0 Å². The molecule has 0 amide bonds. The molecule has 2 aromatic carbocycles. The molecule has 2 rings (SSSR count). The van der Waals surface area contributed by atoms with Gasteiger partial charge in [0.2, 0.25) is 0 Å². The monoisotopic (exact) mass is 282 g/mol. The Bertz CT molecular complexity index is 694. The zero-order chi connectivity index (χ0) is 15.1. The highest BCUT2D eigenvalue weighted by atomic mass is 19.1. The first-order chi connectivity index (χ1) is 10.1. The molecule has 0 unspecified atom stereocenters. The zero-order valence-corrected chi connectivity index (χ0v) is 11.0. The van der Waals surface area contributed by atoms with Gasteiger partial charge >= 0.3 is 5.97 Å². The fourth-order valence-electron chi connectivity index (χ4n) is 1.53. The Morgan fingerprint density at radius 2 is 1.67 bits per heavy atom. The molecule has 0 radical (unpaired) electrons. The van der Waals surface area contributed by atoms with Crippen LogP contribution in [0.3, 0.4) is 0 Å². The summed E-state index contributed by atoms with van der Waals surface area (Å²) in [6.45, 7) is -0.423. The minimum Gasteiger partial charge on any atom is -0.448 e. The largest absolute Gasteiger partial charge is 0.448 e. The summed E-state index contributed by atoms with van der Waals surface area (Å²) >= 11 is 0. The molecule has 0 aliphatic rings. The van der Waals surface area contributed by atoms with E-state index in [-0.39, 0.29) is 5.56 Å². The van der Waals surface area contributed by atoms with Gasteiger partial charge in [-0.05, 0) is 36.4 Å². The Morgan fingerprint density at radius 1 is 1.00 bits per heavy atom. The van der Waals surface area contributed by atoms with Crippen molar-refractivity contribution in [1.82, 2.24) is 0 Å². The molecule has 0 N–H and O–H groups in total. The number of carbonyl (C=O) groups is 2. The molecule has 0 aliphatic heterocycles. The average Bonchev–Trinajstić information content (AvgIpc) is 2.52. The van der Waals surface area contributed by atoms with Gasteiger partial charge in [-0.25, -0.2) is 9.18 Å². The number of benzene rings is 2. The highest BCUT2D eigenvalue weighted by Crippen LogP contribution is 2.04. The predicted molar refractivity (Wildman–Crippen MR) is 75.0 cm³/mol. The summed E-state index contributed by atoms with van der Waals surface area (Å²) in [5.74, 6) is 3.29. The fraction of sp³-hybridized carbons (Fsp3) is 0.0588. The third-order valence-corrected chi connectivity index (χ3v) is 2.58. The number of esters is 1. The SMILES string of the molecule is O=C(C#Cc1ccccc1)OCC(=O)c1ccc(F)cc1. The number of halogens is 1. The van der Waals surface area contributed by atoms with Crippen LogP contribution in [0.2, 0.25) is 0 Å². The third kappa shape index (κ3) is 4.59. The van der Waals surface area contributed by atoms with Crippen LogP contribution in [0.25, 0.3) is 0 Å². The normalized spacial score (nSPS) is 9.38. The molecule has 0 fully saturated rings. The Hall–Kier alpha value is -2.93. The van der Waals surface area contributed by atoms with Crippen molar-refractivity contribution in [2.24, 2.45) is 0 Å². The van der Waals surface area contributed by atoms with E-state index in [9.17, 15) is 14.0 Å². The lowest BCUT2D eigenvalue weighted by atomic mass is 10.1. The smallest absolute Gasteiger partial charge is 0.385 e. The van der Waals surface area contributed by atoms with Gasteiger partial charge in [-0.3, -0.25) is 4.79 Å². The van der Waals surface area contributed by atoms with E-state index in [0.29, 0.717) is 5.56 Å². The number of carbonyl (C=O) groups excluding carboxylic acids is 2. The van der Waals surface area contributed by atoms with E-state index in [1.54, 1.807) is 24.3 Å². The minimum atomic E-state index is -0.783. The number of hydrogen-bond donors (Lipinski definition) is 0. The van der Waals surface area contributed by atoms with Gasteiger partial charge < -0.3 is 4.74 Å². The number of Topliss-reactive ketones (excluding diaryl/α,β-unsaturated/α-hetero) is 1.